The van der Waals surface area contributed by atoms with Crippen molar-refractivity contribution in [2.45, 2.75) is 58.2 Å². The minimum atomic E-state index is -1.11. The van der Waals surface area contributed by atoms with Crippen LogP contribution in [0, 0.1) is 0 Å². The largest absolute Gasteiger partial charge is 0.460 e. The minimum absolute atomic E-state index is 0.103. The lowest BCUT2D eigenvalue weighted by atomic mass is 9.90. The second-order valence-electron chi connectivity index (χ2n) is 6.48. The Kier molecular flexibility index (Phi) is 6.38. The fraction of sp³-hybridized carbons (Fsp3) is 0.476. The predicted molar refractivity (Wildman–Crippen MR) is 98.0 cm³/mol. The van der Waals surface area contributed by atoms with Crippen molar-refractivity contribution < 1.29 is 14.3 Å². The zero-order valence-electron chi connectivity index (χ0n) is 15.2. The maximum Gasteiger partial charge on any atom is 0.343 e. The molecule has 0 fully saturated rings. The number of carbonyl (C=O) groups is 1. The summed E-state index contributed by atoms with van der Waals surface area (Å²) in [6.45, 7) is 5.90. The Morgan fingerprint density at radius 1 is 1.12 bits per heavy atom. The molecule has 0 aromatic heterocycles. The molecule has 130 valence electrons. The minimum Gasteiger partial charge on any atom is -0.460 e. The van der Waals surface area contributed by atoms with E-state index in [1.807, 2.05) is 49.4 Å². The summed E-state index contributed by atoms with van der Waals surface area (Å²) >= 11 is 0. The highest BCUT2D eigenvalue weighted by Crippen LogP contribution is 2.33. The molecule has 2 aromatic carbocycles. The van der Waals surface area contributed by atoms with E-state index in [1.54, 1.807) is 14.0 Å². The van der Waals surface area contributed by atoms with Crippen molar-refractivity contribution in [2.24, 2.45) is 0 Å². The van der Waals surface area contributed by atoms with Crippen LogP contribution in [-0.2, 0) is 19.9 Å². The molecule has 2 atom stereocenters. The first kappa shape index (κ1) is 18.5. The van der Waals surface area contributed by atoms with Gasteiger partial charge in [-0.15, -0.1) is 0 Å². The molecular formula is C21H28O3. The number of methoxy groups -OCH3 is 1. The molecule has 0 aliphatic rings. The lowest BCUT2D eigenvalue weighted by molar-refractivity contribution is -0.173. The van der Waals surface area contributed by atoms with E-state index in [-0.39, 0.29) is 12.1 Å². The number of carbonyl (C=O) groups excluding carboxylic acids is 1. The van der Waals surface area contributed by atoms with Crippen molar-refractivity contribution >= 4 is 16.7 Å². The summed E-state index contributed by atoms with van der Waals surface area (Å²) in [4.78, 5) is 12.8. The van der Waals surface area contributed by atoms with Gasteiger partial charge in [0.05, 0.1) is 6.10 Å². The number of fused-ring (bicyclic) bond motifs is 1. The number of unbranched alkanes of at least 4 members (excludes halogenated alkanes) is 2. The van der Waals surface area contributed by atoms with Gasteiger partial charge in [0.2, 0.25) is 0 Å². The molecule has 24 heavy (non-hydrogen) atoms. The van der Waals surface area contributed by atoms with Gasteiger partial charge in [-0.05, 0) is 37.5 Å². The molecule has 2 rings (SSSR count). The van der Waals surface area contributed by atoms with Crippen LogP contribution in [0.15, 0.2) is 42.5 Å². The number of rotatable bonds is 8. The molecular weight excluding hydrogens is 300 g/mol. The highest BCUT2D eigenvalue weighted by atomic mass is 16.6. The van der Waals surface area contributed by atoms with Crippen molar-refractivity contribution in [3.05, 3.63) is 48.0 Å². The summed E-state index contributed by atoms with van der Waals surface area (Å²) in [5, 5.41) is 2.10. The Balaban J connectivity index is 2.25. The maximum atomic E-state index is 12.8. The highest BCUT2D eigenvalue weighted by Gasteiger charge is 2.39. The van der Waals surface area contributed by atoms with E-state index in [9.17, 15) is 4.79 Å². The molecule has 0 amide bonds. The number of hydrogen-bond donors (Lipinski definition) is 0. The summed E-state index contributed by atoms with van der Waals surface area (Å²) in [6.07, 6.45) is 4.17. The SMILES string of the molecule is CCCCC[C@@H](C)OC(=O)[C@@](C)(OC)c1cccc2ccccc12. The van der Waals surface area contributed by atoms with Gasteiger partial charge in [0.15, 0.2) is 5.60 Å². The van der Waals surface area contributed by atoms with Crippen molar-refractivity contribution in [2.75, 3.05) is 7.11 Å². The van der Waals surface area contributed by atoms with Gasteiger partial charge in [-0.2, -0.15) is 0 Å². The Morgan fingerprint density at radius 3 is 2.54 bits per heavy atom. The first-order chi connectivity index (χ1) is 11.5. The van der Waals surface area contributed by atoms with Crippen LogP contribution in [0.5, 0.6) is 0 Å². The van der Waals surface area contributed by atoms with E-state index in [4.69, 9.17) is 9.47 Å². The molecule has 2 aromatic rings. The molecule has 0 unspecified atom stereocenters. The van der Waals surface area contributed by atoms with Crippen LogP contribution >= 0.6 is 0 Å². The molecule has 0 spiro atoms. The van der Waals surface area contributed by atoms with Crippen molar-refractivity contribution in [1.82, 2.24) is 0 Å². The van der Waals surface area contributed by atoms with E-state index in [1.165, 1.54) is 0 Å². The average molecular weight is 328 g/mol. The molecule has 0 radical (unpaired) electrons. The van der Waals surface area contributed by atoms with E-state index in [0.29, 0.717) is 0 Å². The first-order valence-corrected chi connectivity index (χ1v) is 8.77. The molecule has 3 nitrogen and oxygen atoms in total. The molecule has 0 N–H and O–H groups in total. The van der Waals surface area contributed by atoms with Gasteiger partial charge in [-0.1, -0.05) is 62.2 Å². The predicted octanol–water partition coefficient (Wildman–Crippen LogP) is 5.21. The van der Waals surface area contributed by atoms with Crippen LogP contribution in [0.25, 0.3) is 10.8 Å². The Labute approximate surface area is 145 Å². The lowest BCUT2D eigenvalue weighted by Crippen LogP contribution is -2.38. The smallest absolute Gasteiger partial charge is 0.343 e. The summed E-state index contributed by atoms with van der Waals surface area (Å²) in [7, 11) is 1.56. The second kappa shape index (κ2) is 8.29. The Hall–Kier alpha value is -1.87. The molecule has 0 aliphatic carbocycles. The van der Waals surface area contributed by atoms with Gasteiger partial charge in [0.1, 0.15) is 0 Å². The number of esters is 1. The molecule has 0 heterocycles. The summed E-state index contributed by atoms with van der Waals surface area (Å²) < 4.78 is 11.3. The van der Waals surface area contributed by atoms with Gasteiger partial charge in [-0.25, -0.2) is 4.79 Å². The molecule has 0 bridgehead atoms. The fourth-order valence-corrected chi connectivity index (χ4v) is 2.98. The van der Waals surface area contributed by atoms with Gasteiger partial charge in [0.25, 0.3) is 0 Å². The monoisotopic (exact) mass is 328 g/mol. The van der Waals surface area contributed by atoms with Crippen molar-refractivity contribution in [3.8, 4) is 0 Å². The normalized spacial score (nSPS) is 15.0. The van der Waals surface area contributed by atoms with Gasteiger partial charge in [-0.3, -0.25) is 0 Å². The van der Waals surface area contributed by atoms with Crippen molar-refractivity contribution in [3.63, 3.8) is 0 Å². The zero-order valence-corrected chi connectivity index (χ0v) is 15.2. The third-order valence-electron chi connectivity index (χ3n) is 4.62. The number of benzene rings is 2. The first-order valence-electron chi connectivity index (χ1n) is 8.77. The van der Waals surface area contributed by atoms with Crippen LogP contribution in [-0.4, -0.2) is 19.2 Å². The molecule has 3 heteroatoms. The van der Waals surface area contributed by atoms with Gasteiger partial charge < -0.3 is 9.47 Å². The third kappa shape index (κ3) is 3.96. The van der Waals surface area contributed by atoms with Crippen molar-refractivity contribution in [1.29, 1.82) is 0 Å². The Morgan fingerprint density at radius 2 is 1.83 bits per heavy atom. The second-order valence-corrected chi connectivity index (χ2v) is 6.48. The molecule has 0 saturated carbocycles. The molecule has 0 saturated heterocycles. The fourth-order valence-electron chi connectivity index (χ4n) is 2.98. The highest BCUT2D eigenvalue weighted by molar-refractivity contribution is 5.92. The van der Waals surface area contributed by atoms with E-state index in [0.717, 1.165) is 42.0 Å². The van der Waals surface area contributed by atoms with Crippen LogP contribution in [0.4, 0.5) is 0 Å². The zero-order chi connectivity index (χ0) is 17.6. The van der Waals surface area contributed by atoms with Crippen LogP contribution in [0.1, 0.15) is 52.0 Å². The van der Waals surface area contributed by atoms with Crippen LogP contribution in [0.2, 0.25) is 0 Å². The Bertz CT molecular complexity index is 674. The number of hydrogen-bond acceptors (Lipinski definition) is 3. The van der Waals surface area contributed by atoms with Crippen LogP contribution in [0.3, 0.4) is 0 Å². The van der Waals surface area contributed by atoms with E-state index >= 15 is 0 Å². The van der Waals surface area contributed by atoms with E-state index < -0.39 is 5.60 Å². The number of ether oxygens (including phenoxy) is 2. The quantitative estimate of drug-likeness (QED) is 0.493. The summed E-state index contributed by atoms with van der Waals surface area (Å²) in [5.74, 6) is -0.328. The van der Waals surface area contributed by atoms with Gasteiger partial charge in [0, 0.05) is 12.7 Å². The summed E-state index contributed by atoms with van der Waals surface area (Å²) in [6, 6.07) is 13.9. The third-order valence-corrected chi connectivity index (χ3v) is 4.62. The standard InChI is InChI=1S/C21H28O3/c1-5-6-7-11-16(2)24-20(22)21(3,23-4)19-15-10-13-17-12-8-9-14-18(17)19/h8-10,12-16H,5-7,11H2,1-4H3/t16-,21+/m1/s1. The van der Waals surface area contributed by atoms with E-state index in [2.05, 4.69) is 6.92 Å². The van der Waals surface area contributed by atoms with Crippen LogP contribution < -0.4 is 0 Å². The van der Waals surface area contributed by atoms with Gasteiger partial charge >= 0.3 is 5.97 Å². The lowest BCUT2D eigenvalue weighted by Gasteiger charge is -2.29. The molecule has 0 aliphatic heterocycles. The topological polar surface area (TPSA) is 35.5 Å². The summed E-state index contributed by atoms with van der Waals surface area (Å²) in [5.41, 5.74) is -0.270. The maximum absolute atomic E-state index is 12.8. The average Bonchev–Trinajstić information content (AvgIpc) is 2.60.